The molecular weight excluding hydrogens is 222 g/mol. The third-order valence-electron chi connectivity index (χ3n) is 1.94. The van der Waals surface area contributed by atoms with Crippen LogP contribution in [0, 0.1) is 5.82 Å². The Morgan fingerprint density at radius 1 is 1.50 bits per heavy atom. The van der Waals surface area contributed by atoms with E-state index in [1.165, 1.54) is 6.07 Å². The molecule has 1 aromatic carbocycles. The molecule has 14 heavy (non-hydrogen) atoms. The molecule has 0 nitrogen and oxygen atoms in total. The molecule has 0 aliphatic carbocycles. The Morgan fingerprint density at radius 2 is 2.21 bits per heavy atom. The Morgan fingerprint density at radius 3 is 2.71 bits per heavy atom. The van der Waals surface area contributed by atoms with Gasteiger partial charge in [-0.3, -0.25) is 0 Å². The summed E-state index contributed by atoms with van der Waals surface area (Å²) in [6.45, 7) is 2.03. The maximum atomic E-state index is 12.8. The van der Waals surface area contributed by atoms with E-state index in [9.17, 15) is 4.39 Å². The lowest BCUT2D eigenvalue weighted by Gasteiger charge is -2.00. The standard InChI is InChI=1S/C11H11Cl2F/c1-2-8(7-12)5-9-3-4-11(14)10(13)6-9/h3-6H,2,7H2,1H3/b8-5-. The molecule has 0 amide bonds. The van der Waals surface area contributed by atoms with Crippen molar-refractivity contribution >= 4 is 29.3 Å². The normalized spacial score (nSPS) is 11.9. The van der Waals surface area contributed by atoms with Crippen LogP contribution in [0.1, 0.15) is 18.9 Å². The van der Waals surface area contributed by atoms with Crippen LogP contribution in [0.2, 0.25) is 5.02 Å². The fourth-order valence-corrected chi connectivity index (χ4v) is 1.53. The summed E-state index contributed by atoms with van der Waals surface area (Å²) in [7, 11) is 0. The number of benzene rings is 1. The van der Waals surface area contributed by atoms with E-state index in [0.717, 1.165) is 17.6 Å². The molecule has 3 heteroatoms. The maximum absolute atomic E-state index is 12.8. The van der Waals surface area contributed by atoms with E-state index < -0.39 is 5.82 Å². The highest BCUT2D eigenvalue weighted by Gasteiger charge is 1.99. The predicted octanol–water partition coefficient (Wildman–Crippen LogP) is 4.51. The molecule has 0 fully saturated rings. The lowest BCUT2D eigenvalue weighted by atomic mass is 10.1. The van der Waals surface area contributed by atoms with Crippen molar-refractivity contribution in [2.24, 2.45) is 0 Å². The monoisotopic (exact) mass is 232 g/mol. The second kappa shape index (κ2) is 5.38. The zero-order chi connectivity index (χ0) is 10.6. The quantitative estimate of drug-likeness (QED) is 0.673. The van der Waals surface area contributed by atoms with Crippen molar-refractivity contribution < 1.29 is 4.39 Å². The van der Waals surface area contributed by atoms with Crippen molar-refractivity contribution in [2.75, 3.05) is 5.88 Å². The second-order valence-electron chi connectivity index (χ2n) is 2.96. The van der Waals surface area contributed by atoms with Crippen molar-refractivity contribution in [1.29, 1.82) is 0 Å². The molecule has 0 spiro atoms. The van der Waals surface area contributed by atoms with Gasteiger partial charge in [0.2, 0.25) is 0 Å². The lowest BCUT2D eigenvalue weighted by molar-refractivity contribution is 0.628. The van der Waals surface area contributed by atoms with Crippen LogP contribution in [-0.2, 0) is 0 Å². The Kier molecular flexibility index (Phi) is 4.43. The van der Waals surface area contributed by atoms with E-state index in [0.29, 0.717) is 5.88 Å². The van der Waals surface area contributed by atoms with E-state index >= 15 is 0 Å². The number of alkyl halides is 1. The van der Waals surface area contributed by atoms with Crippen molar-refractivity contribution in [3.8, 4) is 0 Å². The molecular formula is C11H11Cl2F. The smallest absolute Gasteiger partial charge is 0.141 e. The van der Waals surface area contributed by atoms with Gasteiger partial charge in [-0.2, -0.15) is 0 Å². The number of rotatable bonds is 3. The van der Waals surface area contributed by atoms with Crippen molar-refractivity contribution in [2.45, 2.75) is 13.3 Å². The summed E-state index contributed by atoms with van der Waals surface area (Å²) in [4.78, 5) is 0. The van der Waals surface area contributed by atoms with Crippen LogP contribution in [-0.4, -0.2) is 5.88 Å². The highest BCUT2D eigenvalue weighted by molar-refractivity contribution is 6.30. The van der Waals surface area contributed by atoms with Gasteiger partial charge in [0.05, 0.1) is 5.02 Å². The molecule has 0 N–H and O–H groups in total. The highest BCUT2D eigenvalue weighted by atomic mass is 35.5. The summed E-state index contributed by atoms with van der Waals surface area (Å²) < 4.78 is 12.8. The molecule has 0 atom stereocenters. The van der Waals surface area contributed by atoms with Crippen LogP contribution >= 0.6 is 23.2 Å². The Balaban J connectivity index is 2.97. The minimum Gasteiger partial charge on any atom is -0.205 e. The number of halogens is 3. The minimum absolute atomic E-state index is 0.142. The molecule has 0 bridgehead atoms. The second-order valence-corrected chi connectivity index (χ2v) is 3.64. The summed E-state index contributed by atoms with van der Waals surface area (Å²) in [5.74, 6) is 0.0960. The molecule has 0 saturated heterocycles. The first kappa shape index (κ1) is 11.5. The van der Waals surface area contributed by atoms with Gasteiger partial charge in [0.15, 0.2) is 0 Å². The van der Waals surface area contributed by atoms with E-state index in [1.54, 1.807) is 12.1 Å². The van der Waals surface area contributed by atoms with Gasteiger partial charge >= 0.3 is 0 Å². The third-order valence-corrected chi connectivity index (χ3v) is 2.57. The molecule has 1 aromatic rings. The van der Waals surface area contributed by atoms with E-state index in [2.05, 4.69) is 0 Å². The predicted molar refractivity (Wildman–Crippen MR) is 60.4 cm³/mol. The number of hydrogen-bond acceptors (Lipinski definition) is 0. The van der Waals surface area contributed by atoms with Crippen LogP contribution in [0.25, 0.3) is 6.08 Å². The van der Waals surface area contributed by atoms with Crippen LogP contribution in [0.3, 0.4) is 0 Å². The van der Waals surface area contributed by atoms with Crippen LogP contribution in [0.15, 0.2) is 23.8 Å². The maximum Gasteiger partial charge on any atom is 0.141 e. The third kappa shape index (κ3) is 3.00. The van der Waals surface area contributed by atoms with Crippen molar-refractivity contribution in [3.63, 3.8) is 0 Å². The fraction of sp³-hybridized carbons (Fsp3) is 0.273. The molecule has 0 unspecified atom stereocenters. The van der Waals surface area contributed by atoms with Crippen LogP contribution in [0.5, 0.6) is 0 Å². The summed E-state index contributed by atoms with van der Waals surface area (Å²) >= 11 is 11.4. The molecule has 0 saturated carbocycles. The lowest BCUT2D eigenvalue weighted by Crippen LogP contribution is -1.84. The van der Waals surface area contributed by atoms with Gasteiger partial charge in [-0.1, -0.05) is 36.2 Å². The minimum atomic E-state index is -0.396. The molecule has 0 aromatic heterocycles. The molecule has 0 aliphatic heterocycles. The average molecular weight is 233 g/mol. The van der Waals surface area contributed by atoms with Gasteiger partial charge in [0.1, 0.15) is 5.82 Å². The molecule has 0 radical (unpaired) electrons. The average Bonchev–Trinajstić information content (AvgIpc) is 2.19. The molecule has 0 heterocycles. The number of hydrogen-bond donors (Lipinski definition) is 0. The Bertz CT molecular complexity index is 339. The Labute approximate surface area is 93.3 Å². The topological polar surface area (TPSA) is 0 Å². The van der Waals surface area contributed by atoms with Gasteiger partial charge in [-0.05, 0) is 24.1 Å². The first-order chi connectivity index (χ1) is 6.67. The van der Waals surface area contributed by atoms with Gasteiger partial charge < -0.3 is 0 Å². The summed E-state index contributed by atoms with van der Waals surface area (Å²) in [6, 6.07) is 4.64. The van der Waals surface area contributed by atoms with Crippen LogP contribution in [0.4, 0.5) is 4.39 Å². The first-order valence-electron chi connectivity index (χ1n) is 4.37. The van der Waals surface area contributed by atoms with Crippen molar-refractivity contribution in [1.82, 2.24) is 0 Å². The number of allylic oxidation sites excluding steroid dienone is 1. The van der Waals surface area contributed by atoms with E-state index in [1.807, 2.05) is 13.0 Å². The fourth-order valence-electron chi connectivity index (χ4n) is 1.07. The highest BCUT2D eigenvalue weighted by Crippen LogP contribution is 2.18. The first-order valence-corrected chi connectivity index (χ1v) is 5.29. The van der Waals surface area contributed by atoms with Gasteiger partial charge in [-0.15, -0.1) is 11.6 Å². The van der Waals surface area contributed by atoms with Gasteiger partial charge in [-0.25, -0.2) is 4.39 Å². The Hall–Kier alpha value is -0.530. The van der Waals surface area contributed by atoms with Crippen LogP contribution < -0.4 is 0 Å². The molecule has 1 rings (SSSR count). The summed E-state index contributed by atoms with van der Waals surface area (Å²) in [6.07, 6.45) is 2.82. The SMILES string of the molecule is CC/C(=C/c1ccc(F)c(Cl)c1)CCl. The van der Waals surface area contributed by atoms with Gasteiger partial charge in [0, 0.05) is 5.88 Å². The summed E-state index contributed by atoms with van der Waals surface area (Å²) in [5, 5.41) is 0.142. The van der Waals surface area contributed by atoms with Gasteiger partial charge in [0.25, 0.3) is 0 Å². The van der Waals surface area contributed by atoms with Crippen molar-refractivity contribution in [3.05, 3.63) is 40.2 Å². The zero-order valence-corrected chi connectivity index (χ0v) is 9.37. The largest absolute Gasteiger partial charge is 0.205 e. The molecule has 0 aliphatic rings. The summed E-state index contributed by atoms with van der Waals surface area (Å²) in [5.41, 5.74) is 1.99. The molecule has 76 valence electrons. The van der Waals surface area contributed by atoms with E-state index in [4.69, 9.17) is 23.2 Å². The zero-order valence-electron chi connectivity index (χ0n) is 7.86. The van der Waals surface area contributed by atoms with E-state index in [-0.39, 0.29) is 5.02 Å².